The Bertz CT molecular complexity index is 835. The molecule has 2 aromatic heterocycles. The van der Waals surface area contributed by atoms with Crippen LogP contribution in [0.2, 0.25) is 0 Å². The summed E-state index contributed by atoms with van der Waals surface area (Å²) in [6.07, 6.45) is -2.21. The Balaban J connectivity index is 1.93. The van der Waals surface area contributed by atoms with E-state index in [1.54, 1.807) is 17.4 Å². The molecule has 26 heavy (non-hydrogen) atoms. The summed E-state index contributed by atoms with van der Waals surface area (Å²) in [6.45, 7) is 7.32. The molecule has 1 atom stereocenters. The first-order valence-corrected chi connectivity index (χ1v) is 8.37. The molecule has 0 spiro atoms. The molecule has 2 heterocycles. The molecule has 1 N–H and O–H groups in total. The summed E-state index contributed by atoms with van der Waals surface area (Å²) < 4.78 is 46.8. The van der Waals surface area contributed by atoms with Crippen molar-refractivity contribution in [2.45, 2.75) is 58.4 Å². The lowest BCUT2D eigenvalue weighted by Crippen LogP contribution is -2.47. The van der Waals surface area contributed by atoms with Gasteiger partial charge in [-0.1, -0.05) is 0 Å². The number of aromatic nitrogens is 3. The summed E-state index contributed by atoms with van der Waals surface area (Å²) in [5.74, 6) is -1.17. The van der Waals surface area contributed by atoms with Gasteiger partial charge in [0.1, 0.15) is 18.0 Å². The van der Waals surface area contributed by atoms with Gasteiger partial charge in [-0.25, -0.2) is 4.98 Å². The van der Waals surface area contributed by atoms with Crippen molar-refractivity contribution in [2.75, 3.05) is 0 Å². The average Bonchev–Trinajstić information content (AvgIpc) is 3.20. The molecule has 0 aliphatic heterocycles. The van der Waals surface area contributed by atoms with Crippen molar-refractivity contribution in [1.29, 1.82) is 0 Å². The molecule has 0 radical (unpaired) electrons. The van der Waals surface area contributed by atoms with Crippen molar-refractivity contribution < 1.29 is 22.7 Å². The average molecular weight is 370 g/mol. The second-order valence-corrected chi connectivity index (χ2v) is 7.57. The third-order valence-corrected chi connectivity index (χ3v) is 4.03. The monoisotopic (exact) mass is 370 g/mol. The van der Waals surface area contributed by atoms with Crippen LogP contribution < -0.4 is 10.1 Å². The minimum absolute atomic E-state index is 0.151. The number of rotatable bonds is 4. The molecule has 1 fully saturated rings. The molecule has 0 aromatic carbocycles. The molecule has 3 rings (SSSR count). The van der Waals surface area contributed by atoms with Gasteiger partial charge in [-0.3, -0.25) is 9.20 Å². The highest BCUT2D eigenvalue weighted by Crippen LogP contribution is 2.40. The molecule has 6 nitrogen and oxygen atoms in total. The van der Waals surface area contributed by atoms with Crippen LogP contribution in [0, 0.1) is 12.8 Å². The lowest BCUT2D eigenvalue weighted by molar-refractivity contribution is -0.158. The zero-order valence-corrected chi connectivity index (χ0v) is 15.0. The number of aryl methyl sites for hydroxylation is 1. The summed E-state index contributed by atoms with van der Waals surface area (Å²) in [6, 6.07) is -0.175. The normalized spacial score (nSPS) is 16.6. The van der Waals surface area contributed by atoms with Crippen molar-refractivity contribution in [2.24, 2.45) is 5.92 Å². The Kier molecular flexibility index (Phi) is 4.36. The zero-order valence-electron chi connectivity index (χ0n) is 15.0. The summed E-state index contributed by atoms with van der Waals surface area (Å²) in [5, 5.41) is 2.08. The first-order valence-electron chi connectivity index (χ1n) is 8.37. The fourth-order valence-electron chi connectivity index (χ4n) is 2.72. The van der Waals surface area contributed by atoms with E-state index in [2.05, 4.69) is 15.3 Å². The minimum Gasteiger partial charge on any atom is -0.472 e. The van der Waals surface area contributed by atoms with Crippen molar-refractivity contribution in [3.8, 4) is 5.88 Å². The largest absolute Gasteiger partial charge is 0.472 e. The molecule has 0 saturated heterocycles. The summed E-state index contributed by atoms with van der Waals surface area (Å²) in [4.78, 5) is 20.7. The highest BCUT2D eigenvalue weighted by molar-refractivity contribution is 5.98. The van der Waals surface area contributed by atoms with Gasteiger partial charge in [0.15, 0.2) is 11.3 Å². The summed E-state index contributed by atoms with van der Waals surface area (Å²) in [5.41, 5.74) is 0.212. The summed E-state index contributed by atoms with van der Waals surface area (Å²) >= 11 is 0. The first-order chi connectivity index (χ1) is 12.0. The van der Waals surface area contributed by atoms with Gasteiger partial charge in [-0.2, -0.15) is 18.2 Å². The number of imidazole rings is 1. The fourth-order valence-corrected chi connectivity index (χ4v) is 2.72. The van der Waals surface area contributed by atoms with Gasteiger partial charge in [-0.05, 0) is 46.5 Å². The predicted octanol–water partition coefficient (Wildman–Crippen LogP) is 3.29. The standard InChI is InChI=1S/C17H21F3N4O2/c1-9-7-11(26-16(2,3)4)22-14-12(21-8-24(9)14)15(25)23-13(10-5-6-10)17(18,19)20/h7-8,10,13H,5-6H2,1-4H3,(H,23,25). The van der Waals surface area contributed by atoms with Crippen molar-refractivity contribution >= 4 is 11.6 Å². The summed E-state index contributed by atoms with van der Waals surface area (Å²) in [7, 11) is 0. The van der Waals surface area contributed by atoms with Gasteiger partial charge in [0.25, 0.3) is 5.91 Å². The van der Waals surface area contributed by atoms with E-state index in [-0.39, 0.29) is 17.2 Å². The van der Waals surface area contributed by atoms with Crippen LogP contribution in [0.1, 0.15) is 49.8 Å². The van der Waals surface area contributed by atoms with Crippen LogP contribution in [-0.4, -0.2) is 38.1 Å². The van der Waals surface area contributed by atoms with Crippen LogP contribution in [0.4, 0.5) is 13.2 Å². The first kappa shape index (κ1) is 18.5. The predicted molar refractivity (Wildman–Crippen MR) is 88.1 cm³/mol. The van der Waals surface area contributed by atoms with Gasteiger partial charge >= 0.3 is 6.18 Å². The van der Waals surface area contributed by atoms with E-state index in [9.17, 15) is 18.0 Å². The molecule has 1 amide bonds. The van der Waals surface area contributed by atoms with Gasteiger partial charge in [-0.15, -0.1) is 0 Å². The second-order valence-electron chi connectivity index (χ2n) is 7.57. The van der Waals surface area contributed by atoms with E-state index in [1.807, 2.05) is 20.8 Å². The van der Waals surface area contributed by atoms with Gasteiger partial charge in [0.2, 0.25) is 5.88 Å². The molecule has 2 aromatic rings. The Hall–Kier alpha value is -2.32. The maximum absolute atomic E-state index is 13.2. The number of amides is 1. The number of carbonyl (C=O) groups excluding carboxylic acids is 1. The van der Waals surface area contributed by atoms with Crippen LogP contribution in [0.25, 0.3) is 5.65 Å². The highest BCUT2D eigenvalue weighted by atomic mass is 19.4. The molecular weight excluding hydrogens is 349 g/mol. The molecule has 0 bridgehead atoms. The van der Waals surface area contributed by atoms with Crippen molar-refractivity contribution in [3.63, 3.8) is 0 Å². The van der Waals surface area contributed by atoms with E-state index in [0.717, 1.165) is 0 Å². The zero-order chi connectivity index (χ0) is 19.3. The van der Waals surface area contributed by atoms with E-state index < -0.39 is 29.6 Å². The number of carbonyl (C=O) groups is 1. The number of fused-ring (bicyclic) bond motifs is 1. The Morgan fingerprint density at radius 1 is 1.35 bits per heavy atom. The maximum Gasteiger partial charge on any atom is 0.408 e. The maximum atomic E-state index is 13.2. The quantitative estimate of drug-likeness (QED) is 0.897. The number of alkyl halides is 3. The molecule has 9 heteroatoms. The van der Waals surface area contributed by atoms with E-state index in [1.165, 1.54) is 6.33 Å². The molecule has 1 aliphatic carbocycles. The Morgan fingerprint density at radius 3 is 2.54 bits per heavy atom. The highest BCUT2D eigenvalue weighted by Gasteiger charge is 2.50. The lowest BCUT2D eigenvalue weighted by Gasteiger charge is -2.21. The minimum atomic E-state index is -4.49. The smallest absolute Gasteiger partial charge is 0.408 e. The fraction of sp³-hybridized carbons (Fsp3) is 0.588. The molecule has 1 saturated carbocycles. The lowest BCUT2D eigenvalue weighted by atomic mass is 10.1. The third kappa shape index (κ3) is 3.91. The van der Waals surface area contributed by atoms with Crippen LogP contribution >= 0.6 is 0 Å². The van der Waals surface area contributed by atoms with Crippen LogP contribution in [0.3, 0.4) is 0 Å². The Morgan fingerprint density at radius 2 is 2.00 bits per heavy atom. The van der Waals surface area contributed by atoms with Crippen molar-refractivity contribution in [3.05, 3.63) is 23.8 Å². The van der Waals surface area contributed by atoms with E-state index >= 15 is 0 Å². The van der Waals surface area contributed by atoms with E-state index in [4.69, 9.17) is 4.74 Å². The van der Waals surface area contributed by atoms with Gasteiger partial charge < -0.3 is 10.1 Å². The SMILES string of the molecule is Cc1cc(OC(C)(C)C)nc2c(C(=O)NC(C3CC3)C(F)(F)F)ncn12. The number of ether oxygens (including phenoxy) is 1. The number of hydrogen-bond acceptors (Lipinski definition) is 4. The van der Waals surface area contributed by atoms with Gasteiger partial charge in [0, 0.05) is 11.8 Å². The second kappa shape index (κ2) is 6.14. The van der Waals surface area contributed by atoms with Crippen LogP contribution in [0.5, 0.6) is 5.88 Å². The number of hydrogen-bond donors (Lipinski definition) is 1. The molecular formula is C17H21F3N4O2. The van der Waals surface area contributed by atoms with E-state index in [0.29, 0.717) is 18.5 Å². The number of halogens is 3. The molecule has 1 unspecified atom stereocenters. The van der Waals surface area contributed by atoms with Gasteiger partial charge in [0.05, 0.1) is 0 Å². The topological polar surface area (TPSA) is 68.5 Å². The molecule has 1 aliphatic rings. The number of nitrogens with one attached hydrogen (secondary N) is 1. The van der Waals surface area contributed by atoms with Crippen LogP contribution in [0.15, 0.2) is 12.4 Å². The number of nitrogens with zero attached hydrogens (tertiary/aromatic N) is 3. The van der Waals surface area contributed by atoms with Crippen LogP contribution in [-0.2, 0) is 0 Å². The Labute approximate surface area is 148 Å². The van der Waals surface area contributed by atoms with Crippen molar-refractivity contribution in [1.82, 2.24) is 19.7 Å². The third-order valence-electron chi connectivity index (χ3n) is 4.03. The molecule has 142 valence electrons.